The quantitative estimate of drug-likeness (QED) is 0.844. The number of nitrogens with zero attached hydrogens (tertiary/aromatic N) is 1. The molecule has 0 saturated heterocycles. The van der Waals surface area contributed by atoms with E-state index in [1.807, 2.05) is 4.72 Å². The number of pyridine rings is 1. The van der Waals surface area contributed by atoms with Gasteiger partial charge < -0.3 is 5.11 Å². The zero-order valence-corrected chi connectivity index (χ0v) is 9.79. The molecule has 0 aliphatic heterocycles. The van der Waals surface area contributed by atoms with Crippen molar-refractivity contribution in [2.75, 3.05) is 4.72 Å². The lowest BCUT2D eigenvalue weighted by Crippen LogP contribution is -2.32. The van der Waals surface area contributed by atoms with Gasteiger partial charge in [-0.15, -0.1) is 0 Å². The molecule has 0 aliphatic carbocycles. The van der Waals surface area contributed by atoms with Crippen molar-refractivity contribution < 1.29 is 18.3 Å². The molecular weight excluding hydrogens is 256 g/mol. The highest BCUT2D eigenvalue weighted by Gasteiger charge is 2.27. The normalized spacial score (nSPS) is 13.1. The molecule has 16 heavy (non-hydrogen) atoms. The van der Waals surface area contributed by atoms with E-state index in [1.165, 1.54) is 18.3 Å². The van der Waals surface area contributed by atoms with Crippen LogP contribution in [0.1, 0.15) is 6.92 Å². The molecule has 1 atom stereocenters. The fourth-order valence-electron chi connectivity index (χ4n) is 0.827. The number of carbonyl (C=O) groups is 1. The van der Waals surface area contributed by atoms with Gasteiger partial charge >= 0.3 is 5.97 Å². The van der Waals surface area contributed by atoms with Crippen LogP contribution in [0.4, 0.5) is 5.82 Å². The van der Waals surface area contributed by atoms with Crippen molar-refractivity contribution in [1.29, 1.82) is 0 Å². The van der Waals surface area contributed by atoms with Crippen LogP contribution in [0.3, 0.4) is 0 Å². The molecule has 0 bridgehead atoms. The molecule has 1 unspecified atom stereocenters. The third-order valence-electron chi connectivity index (χ3n) is 1.78. The van der Waals surface area contributed by atoms with Gasteiger partial charge in [-0.2, -0.15) is 0 Å². The number of sulfonamides is 1. The average molecular weight is 265 g/mol. The van der Waals surface area contributed by atoms with E-state index in [2.05, 4.69) is 4.98 Å². The molecule has 1 aromatic rings. The molecule has 0 spiro atoms. The van der Waals surface area contributed by atoms with Crippen molar-refractivity contribution in [2.24, 2.45) is 0 Å². The Morgan fingerprint density at radius 3 is 2.75 bits per heavy atom. The predicted molar refractivity (Wildman–Crippen MR) is 58.9 cm³/mol. The number of anilines is 1. The highest BCUT2D eigenvalue weighted by molar-refractivity contribution is 7.94. The van der Waals surface area contributed by atoms with Gasteiger partial charge in [0.25, 0.3) is 0 Å². The van der Waals surface area contributed by atoms with Crippen molar-refractivity contribution in [3.05, 3.63) is 23.4 Å². The average Bonchev–Trinajstić information content (AvgIpc) is 2.15. The Hall–Kier alpha value is -1.34. The number of aromatic nitrogens is 1. The van der Waals surface area contributed by atoms with E-state index < -0.39 is 21.2 Å². The Labute approximate surface area is 97.3 Å². The number of hydrogen-bond donors (Lipinski definition) is 2. The summed E-state index contributed by atoms with van der Waals surface area (Å²) >= 11 is 5.62. The number of carboxylic acid groups (broad SMARTS) is 1. The van der Waals surface area contributed by atoms with Gasteiger partial charge in [0.15, 0.2) is 5.25 Å². The summed E-state index contributed by atoms with van der Waals surface area (Å²) < 4.78 is 25.0. The van der Waals surface area contributed by atoms with Gasteiger partial charge in [0.1, 0.15) is 5.82 Å². The van der Waals surface area contributed by atoms with E-state index in [4.69, 9.17) is 16.7 Å². The van der Waals surface area contributed by atoms with Gasteiger partial charge in [0.05, 0.1) is 0 Å². The highest BCUT2D eigenvalue weighted by Crippen LogP contribution is 2.14. The summed E-state index contributed by atoms with van der Waals surface area (Å²) in [6.07, 6.45) is 1.31. The molecule has 8 heteroatoms. The lowest BCUT2D eigenvalue weighted by Gasteiger charge is -2.10. The van der Waals surface area contributed by atoms with Crippen molar-refractivity contribution in [3.63, 3.8) is 0 Å². The molecule has 1 heterocycles. The van der Waals surface area contributed by atoms with Crippen LogP contribution in [0.5, 0.6) is 0 Å². The molecule has 1 rings (SSSR count). The topological polar surface area (TPSA) is 96.4 Å². The van der Waals surface area contributed by atoms with Gasteiger partial charge in [-0.05, 0) is 13.0 Å². The summed E-state index contributed by atoms with van der Waals surface area (Å²) in [4.78, 5) is 14.2. The third-order valence-corrected chi connectivity index (χ3v) is 3.64. The van der Waals surface area contributed by atoms with E-state index >= 15 is 0 Å². The van der Waals surface area contributed by atoms with Crippen LogP contribution >= 0.6 is 11.6 Å². The highest BCUT2D eigenvalue weighted by atomic mass is 35.5. The molecular formula is C8H9ClN2O4S. The molecule has 0 fully saturated rings. The van der Waals surface area contributed by atoms with Gasteiger partial charge in [-0.25, -0.2) is 13.4 Å². The van der Waals surface area contributed by atoms with Crippen molar-refractivity contribution in [2.45, 2.75) is 12.2 Å². The number of hydrogen-bond acceptors (Lipinski definition) is 4. The van der Waals surface area contributed by atoms with E-state index in [0.29, 0.717) is 5.02 Å². The number of rotatable bonds is 4. The van der Waals surface area contributed by atoms with E-state index in [9.17, 15) is 13.2 Å². The summed E-state index contributed by atoms with van der Waals surface area (Å²) in [5.41, 5.74) is 0. The summed E-state index contributed by atoms with van der Waals surface area (Å²) in [5.74, 6) is -1.45. The summed E-state index contributed by atoms with van der Waals surface area (Å²) in [7, 11) is -4.00. The predicted octanol–water partition coefficient (Wildman–Crippen LogP) is 0.950. The largest absolute Gasteiger partial charge is 0.480 e. The van der Waals surface area contributed by atoms with Crippen LogP contribution in [0.25, 0.3) is 0 Å². The monoisotopic (exact) mass is 264 g/mol. The zero-order valence-electron chi connectivity index (χ0n) is 8.21. The van der Waals surface area contributed by atoms with Crippen LogP contribution in [0.15, 0.2) is 18.3 Å². The maximum Gasteiger partial charge on any atom is 0.323 e. The SMILES string of the molecule is CC(C(=O)O)S(=O)(=O)Nc1cc(Cl)ccn1. The summed E-state index contributed by atoms with van der Waals surface area (Å²) in [5, 5.41) is 7.32. The fourth-order valence-corrected chi connectivity index (χ4v) is 1.83. The molecule has 0 saturated carbocycles. The molecule has 0 aliphatic rings. The van der Waals surface area contributed by atoms with Crippen LogP contribution in [0, 0.1) is 0 Å². The van der Waals surface area contributed by atoms with E-state index in [-0.39, 0.29) is 5.82 Å². The van der Waals surface area contributed by atoms with Gasteiger partial charge in [-0.3, -0.25) is 9.52 Å². The second kappa shape index (κ2) is 4.67. The van der Waals surface area contributed by atoms with Gasteiger partial charge in [0, 0.05) is 17.3 Å². The smallest absolute Gasteiger partial charge is 0.323 e. The van der Waals surface area contributed by atoms with Crippen molar-refractivity contribution >= 4 is 33.4 Å². The molecule has 0 aromatic carbocycles. The summed E-state index contributed by atoms with van der Waals surface area (Å²) in [6, 6.07) is 2.76. The first-order valence-corrected chi connectivity index (χ1v) is 6.11. The van der Waals surface area contributed by atoms with Crippen molar-refractivity contribution in [3.8, 4) is 0 Å². The Bertz CT molecular complexity index is 503. The van der Waals surface area contributed by atoms with Crippen LogP contribution in [-0.2, 0) is 14.8 Å². The minimum absolute atomic E-state index is 0.0133. The summed E-state index contributed by atoms with van der Waals surface area (Å²) in [6.45, 7) is 1.06. The van der Waals surface area contributed by atoms with Crippen LogP contribution in [-0.4, -0.2) is 29.7 Å². The lowest BCUT2D eigenvalue weighted by atomic mass is 10.5. The second-order valence-corrected chi connectivity index (χ2v) is 5.42. The minimum Gasteiger partial charge on any atom is -0.480 e. The Balaban J connectivity index is 2.93. The Kier molecular flexibility index (Phi) is 3.71. The molecule has 2 N–H and O–H groups in total. The van der Waals surface area contributed by atoms with Gasteiger partial charge in [0.2, 0.25) is 10.0 Å². The third kappa shape index (κ3) is 3.07. The first-order chi connectivity index (χ1) is 7.33. The van der Waals surface area contributed by atoms with E-state index in [1.54, 1.807) is 0 Å². The van der Waals surface area contributed by atoms with Gasteiger partial charge in [-0.1, -0.05) is 11.6 Å². The zero-order chi connectivity index (χ0) is 12.3. The fraction of sp³-hybridized carbons (Fsp3) is 0.250. The van der Waals surface area contributed by atoms with E-state index in [0.717, 1.165) is 6.92 Å². The van der Waals surface area contributed by atoms with Crippen LogP contribution < -0.4 is 4.72 Å². The second-order valence-electron chi connectivity index (χ2n) is 2.99. The molecule has 1 aromatic heterocycles. The number of halogens is 1. The maximum atomic E-state index is 11.5. The number of carboxylic acids is 1. The standard InChI is InChI=1S/C8H9ClN2O4S/c1-5(8(12)13)16(14,15)11-7-4-6(9)2-3-10-7/h2-5H,1H3,(H,10,11)(H,12,13). The lowest BCUT2D eigenvalue weighted by molar-refractivity contribution is -0.136. The molecule has 0 amide bonds. The first-order valence-electron chi connectivity index (χ1n) is 4.19. The minimum atomic E-state index is -4.00. The van der Waals surface area contributed by atoms with Crippen LogP contribution in [0.2, 0.25) is 5.02 Å². The molecule has 88 valence electrons. The number of nitrogens with one attached hydrogen (secondary N) is 1. The Morgan fingerprint density at radius 2 is 2.25 bits per heavy atom. The Morgan fingerprint density at radius 1 is 1.62 bits per heavy atom. The first kappa shape index (κ1) is 12.7. The van der Waals surface area contributed by atoms with Crippen molar-refractivity contribution in [1.82, 2.24) is 4.98 Å². The number of aliphatic carboxylic acids is 1. The molecule has 6 nitrogen and oxygen atoms in total. The maximum absolute atomic E-state index is 11.5. The molecule has 0 radical (unpaired) electrons.